The van der Waals surface area contributed by atoms with E-state index in [-0.39, 0.29) is 12.6 Å². The fraction of sp³-hybridized carbons (Fsp3) is 0.929. The van der Waals surface area contributed by atoms with Gasteiger partial charge in [0.05, 0.1) is 5.41 Å². The van der Waals surface area contributed by atoms with Gasteiger partial charge in [-0.3, -0.25) is 4.79 Å². The van der Waals surface area contributed by atoms with Gasteiger partial charge in [-0.15, -0.1) is 0 Å². The quantitative estimate of drug-likeness (QED) is 0.716. The summed E-state index contributed by atoms with van der Waals surface area (Å²) in [5.41, 5.74) is -1.03. The molecule has 0 bridgehead atoms. The van der Waals surface area contributed by atoms with Crippen LogP contribution in [0.5, 0.6) is 0 Å². The molecule has 0 aliphatic heterocycles. The summed E-state index contributed by atoms with van der Waals surface area (Å²) < 4.78 is 28.6. The van der Waals surface area contributed by atoms with Crippen molar-refractivity contribution in [1.29, 1.82) is 0 Å². The first-order valence-corrected chi connectivity index (χ1v) is 9.19. The van der Waals surface area contributed by atoms with Gasteiger partial charge in [-0.25, -0.2) is 4.72 Å². The molecule has 0 unspecified atom stereocenters. The lowest BCUT2D eigenvalue weighted by Gasteiger charge is -2.32. The van der Waals surface area contributed by atoms with E-state index in [1.54, 1.807) is 20.9 Å². The number of hydrogen-bond acceptors (Lipinski definition) is 3. The molecule has 0 spiro atoms. The maximum absolute atomic E-state index is 12.4. The van der Waals surface area contributed by atoms with Crippen molar-refractivity contribution in [3.8, 4) is 0 Å². The van der Waals surface area contributed by atoms with Gasteiger partial charge >= 0.3 is 5.97 Å². The third kappa shape index (κ3) is 4.40. The number of rotatable bonds is 8. The van der Waals surface area contributed by atoms with Crippen LogP contribution in [-0.4, -0.2) is 43.4 Å². The molecule has 6 nitrogen and oxygen atoms in total. The topological polar surface area (TPSA) is 86.7 Å². The maximum Gasteiger partial charge on any atom is 0.310 e. The van der Waals surface area contributed by atoms with Crippen molar-refractivity contribution in [2.45, 2.75) is 64.8 Å². The fourth-order valence-electron chi connectivity index (χ4n) is 2.85. The first kappa shape index (κ1) is 18.4. The first-order valence-electron chi connectivity index (χ1n) is 7.75. The third-order valence-electron chi connectivity index (χ3n) is 4.87. The van der Waals surface area contributed by atoms with Gasteiger partial charge in [0.1, 0.15) is 0 Å². The van der Waals surface area contributed by atoms with Crippen molar-refractivity contribution in [3.63, 3.8) is 0 Å². The number of nitrogens with zero attached hydrogens (tertiary/aromatic N) is 1. The van der Waals surface area contributed by atoms with Crippen LogP contribution in [0.3, 0.4) is 0 Å². The van der Waals surface area contributed by atoms with E-state index in [0.717, 1.165) is 32.1 Å². The molecule has 1 fully saturated rings. The number of carbonyl (C=O) groups is 1. The summed E-state index contributed by atoms with van der Waals surface area (Å²) in [5.74, 6) is -0.949. The van der Waals surface area contributed by atoms with Crippen LogP contribution in [0.15, 0.2) is 0 Å². The van der Waals surface area contributed by atoms with E-state index in [9.17, 15) is 18.3 Å². The predicted octanol–water partition coefficient (Wildman–Crippen LogP) is 1.98. The standard InChI is InChI=1S/C14H28N2O4S/c1-4-14(5-2,13(17)18)11-15-21(19,20)16(3)12-9-7-6-8-10-12/h12,15H,4-11H2,1-3H3,(H,17,18). The van der Waals surface area contributed by atoms with E-state index in [0.29, 0.717) is 12.8 Å². The lowest BCUT2D eigenvalue weighted by Crippen LogP contribution is -2.49. The zero-order chi connectivity index (χ0) is 16.1. The molecular formula is C14H28N2O4S. The molecule has 124 valence electrons. The van der Waals surface area contributed by atoms with Gasteiger partial charge in [0.25, 0.3) is 10.2 Å². The molecule has 21 heavy (non-hydrogen) atoms. The highest BCUT2D eigenvalue weighted by Gasteiger charge is 2.37. The summed E-state index contributed by atoms with van der Waals surface area (Å²) in [6.07, 6.45) is 5.81. The molecule has 0 radical (unpaired) electrons. The average Bonchev–Trinajstić information content (AvgIpc) is 2.48. The van der Waals surface area contributed by atoms with E-state index in [2.05, 4.69) is 4.72 Å². The lowest BCUT2D eigenvalue weighted by molar-refractivity contribution is -0.149. The van der Waals surface area contributed by atoms with Crippen molar-refractivity contribution < 1.29 is 18.3 Å². The lowest BCUT2D eigenvalue weighted by atomic mass is 9.83. The second-order valence-corrected chi connectivity index (χ2v) is 7.74. The van der Waals surface area contributed by atoms with Gasteiger partial charge in [-0.1, -0.05) is 33.1 Å². The van der Waals surface area contributed by atoms with Crippen LogP contribution in [0.4, 0.5) is 0 Å². The van der Waals surface area contributed by atoms with Gasteiger partial charge in [0.15, 0.2) is 0 Å². The zero-order valence-corrected chi connectivity index (χ0v) is 14.1. The third-order valence-corrected chi connectivity index (χ3v) is 6.43. The van der Waals surface area contributed by atoms with Crippen molar-refractivity contribution in [3.05, 3.63) is 0 Å². The summed E-state index contributed by atoms with van der Waals surface area (Å²) >= 11 is 0. The SMILES string of the molecule is CCC(CC)(CNS(=O)(=O)N(C)C1CCCCC1)C(=O)O. The Hall–Kier alpha value is -0.660. The Morgan fingerprint density at radius 3 is 2.19 bits per heavy atom. The van der Waals surface area contributed by atoms with Crippen molar-refractivity contribution in [2.75, 3.05) is 13.6 Å². The molecule has 0 heterocycles. The molecule has 1 aliphatic rings. The van der Waals surface area contributed by atoms with Crippen molar-refractivity contribution >= 4 is 16.2 Å². The summed E-state index contributed by atoms with van der Waals surface area (Å²) in [5, 5.41) is 9.36. The second kappa shape index (κ2) is 7.56. The van der Waals surface area contributed by atoms with E-state index in [1.165, 1.54) is 4.31 Å². The van der Waals surface area contributed by atoms with Crippen LogP contribution < -0.4 is 4.72 Å². The van der Waals surface area contributed by atoms with Gasteiger partial charge in [0.2, 0.25) is 0 Å². The Morgan fingerprint density at radius 2 is 1.76 bits per heavy atom. The Kier molecular flexibility index (Phi) is 6.62. The summed E-state index contributed by atoms with van der Waals surface area (Å²) in [4.78, 5) is 11.4. The Morgan fingerprint density at radius 1 is 1.24 bits per heavy atom. The Bertz CT molecular complexity index is 440. The molecule has 0 aromatic heterocycles. The van der Waals surface area contributed by atoms with Gasteiger partial charge in [0, 0.05) is 19.6 Å². The normalized spacial score (nSPS) is 18.1. The largest absolute Gasteiger partial charge is 0.481 e. The summed E-state index contributed by atoms with van der Waals surface area (Å²) in [6.45, 7) is 3.49. The Labute approximate surface area is 128 Å². The minimum absolute atomic E-state index is 0.0266. The van der Waals surface area contributed by atoms with E-state index < -0.39 is 21.6 Å². The van der Waals surface area contributed by atoms with Crippen LogP contribution in [0.25, 0.3) is 0 Å². The van der Waals surface area contributed by atoms with E-state index in [4.69, 9.17) is 0 Å². The van der Waals surface area contributed by atoms with Gasteiger partial charge in [-0.05, 0) is 25.7 Å². The molecule has 2 N–H and O–H groups in total. The van der Waals surface area contributed by atoms with Gasteiger partial charge < -0.3 is 5.11 Å². The van der Waals surface area contributed by atoms with Crippen LogP contribution >= 0.6 is 0 Å². The molecule has 1 saturated carbocycles. The highest BCUT2D eigenvalue weighted by atomic mass is 32.2. The molecular weight excluding hydrogens is 292 g/mol. The summed E-state index contributed by atoms with van der Waals surface area (Å²) in [6, 6.07) is 0.0266. The number of hydrogen-bond donors (Lipinski definition) is 2. The molecule has 0 aromatic carbocycles. The molecule has 7 heteroatoms. The average molecular weight is 320 g/mol. The molecule has 1 rings (SSSR count). The van der Waals surface area contributed by atoms with Crippen LogP contribution in [0.2, 0.25) is 0 Å². The fourth-order valence-corrected chi connectivity index (χ4v) is 4.12. The highest BCUT2D eigenvalue weighted by molar-refractivity contribution is 7.87. The summed E-state index contributed by atoms with van der Waals surface area (Å²) in [7, 11) is -2.04. The van der Waals surface area contributed by atoms with Crippen LogP contribution in [0.1, 0.15) is 58.8 Å². The number of nitrogens with one attached hydrogen (secondary N) is 1. The van der Waals surface area contributed by atoms with E-state index >= 15 is 0 Å². The van der Waals surface area contributed by atoms with E-state index in [1.807, 2.05) is 0 Å². The number of carboxylic acids is 1. The minimum Gasteiger partial charge on any atom is -0.481 e. The molecule has 0 amide bonds. The smallest absolute Gasteiger partial charge is 0.310 e. The Balaban J connectivity index is 2.73. The van der Waals surface area contributed by atoms with Gasteiger partial charge in [-0.2, -0.15) is 12.7 Å². The second-order valence-electron chi connectivity index (χ2n) is 5.93. The molecule has 0 aromatic rings. The van der Waals surface area contributed by atoms with Crippen molar-refractivity contribution in [1.82, 2.24) is 9.03 Å². The molecule has 0 atom stereocenters. The number of carboxylic acid groups (broad SMARTS) is 1. The van der Waals surface area contributed by atoms with Crippen LogP contribution in [0, 0.1) is 5.41 Å². The predicted molar refractivity (Wildman–Crippen MR) is 82.2 cm³/mol. The zero-order valence-electron chi connectivity index (χ0n) is 13.3. The number of aliphatic carboxylic acids is 1. The monoisotopic (exact) mass is 320 g/mol. The first-order chi connectivity index (χ1) is 9.79. The maximum atomic E-state index is 12.4. The van der Waals surface area contributed by atoms with Crippen LogP contribution in [-0.2, 0) is 15.0 Å². The minimum atomic E-state index is -3.63. The molecule has 1 aliphatic carbocycles. The molecule has 0 saturated heterocycles. The highest BCUT2D eigenvalue weighted by Crippen LogP contribution is 2.27. The van der Waals surface area contributed by atoms with Crippen molar-refractivity contribution in [2.24, 2.45) is 5.41 Å².